The summed E-state index contributed by atoms with van der Waals surface area (Å²) in [4.78, 5) is 0. The summed E-state index contributed by atoms with van der Waals surface area (Å²) in [5.74, 6) is 0.521. The van der Waals surface area contributed by atoms with Gasteiger partial charge in [-0.15, -0.1) is 0 Å². The standard InChI is InChI=1S/C16H20BrFO2/c17-10-12-9-13(18)3-4-15(12)19-11-14-5-8-16(20-14)6-1-2-7-16/h3-4,9,14H,1-2,5-8,10-11H2. The summed E-state index contributed by atoms with van der Waals surface area (Å²) in [5, 5.41) is 0.593. The summed E-state index contributed by atoms with van der Waals surface area (Å²) in [7, 11) is 0. The van der Waals surface area contributed by atoms with E-state index >= 15 is 0 Å². The van der Waals surface area contributed by atoms with Gasteiger partial charge in [0.05, 0.1) is 11.7 Å². The van der Waals surface area contributed by atoms with Crippen LogP contribution in [0.2, 0.25) is 0 Å². The van der Waals surface area contributed by atoms with Gasteiger partial charge >= 0.3 is 0 Å². The van der Waals surface area contributed by atoms with Crippen LogP contribution in [0.5, 0.6) is 5.75 Å². The second kappa shape index (κ2) is 6.02. The molecule has 1 saturated carbocycles. The molecule has 1 spiro atoms. The summed E-state index contributed by atoms with van der Waals surface area (Å²) < 4.78 is 25.2. The Morgan fingerprint density at radius 1 is 1.30 bits per heavy atom. The Balaban J connectivity index is 1.57. The number of halogens is 2. The first-order valence-electron chi connectivity index (χ1n) is 7.36. The predicted octanol–water partition coefficient (Wildman–Crippen LogP) is 4.59. The third kappa shape index (κ3) is 3.01. The molecule has 1 unspecified atom stereocenters. The molecule has 1 aromatic rings. The van der Waals surface area contributed by atoms with Gasteiger partial charge < -0.3 is 9.47 Å². The number of rotatable bonds is 4. The molecule has 1 aromatic carbocycles. The van der Waals surface area contributed by atoms with Crippen molar-refractivity contribution in [2.75, 3.05) is 6.61 Å². The number of benzene rings is 1. The third-order valence-corrected chi connectivity index (χ3v) is 5.05. The van der Waals surface area contributed by atoms with Crippen molar-refractivity contribution in [1.29, 1.82) is 0 Å². The van der Waals surface area contributed by atoms with E-state index in [0.29, 0.717) is 11.9 Å². The van der Waals surface area contributed by atoms with Gasteiger partial charge in [0.25, 0.3) is 0 Å². The number of hydrogen-bond donors (Lipinski definition) is 0. The van der Waals surface area contributed by atoms with Gasteiger partial charge in [0.1, 0.15) is 18.2 Å². The van der Waals surface area contributed by atoms with Crippen molar-refractivity contribution in [1.82, 2.24) is 0 Å². The minimum Gasteiger partial charge on any atom is -0.491 e. The molecule has 1 aliphatic carbocycles. The van der Waals surface area contributed by atoms with Crippen molar-refractivity contribution in [2.24, 2.45) is 0 Å². The topological polar surface area (TPSA) is 18.5 Å². The van der Waals surface area contributed by atoms with Crippen LogP contribution in [0, 0.1) is 5.82 Å². The molecular formula is C16H20BrFO2. The predicted molar refractivity (Wildman–Crippen MR) is 79.8 cm³/mol. The highest BCUT2D eigenvalue weighted by Gasteiger charge is 2.42. The van der Waals surface area contributed by atoms with Crippen LogP contribution in [0.1, 0.15) is 44.1 Å². The lowest BCUT2D eigenvalue weighted by molar-refractivity contribution is -0.0509. The second-order valence-electron chi connectivity index (χ2n) is 5.87. The van der Waals surface area contributed by atoms with Crippen molar-refractivity contribution in [2.45, 2.75) is 55.6 Å². The Morgan fingerprint density at radius 2 is 2.10 bits per heavy atom. The van der Waals surface area contributed by atoms with Gasteiger partial charge in [0.15, 0.2) is 0 Å². The normalized spacial score (nSPS) is 24.4. The van der Waals surface area contributed by atoms with Gasteiger partial charge in [-0.1, -0.05) is 28.8 Å². The summed E-state index contributed by atoms with van der Waals surface area (Å²) >= 11 is 3.37. The van der Waals surface area contributed by atoms with E-state index in [2.05, 4.69) is 15.9 Å². The average molecular weight is 343 g/mol. The van der Waals surface area contributed by atoms with Crippen LogP contribution in [0.15, 0.2) is 18.2 Å². The highest BCUT2D eigenvalue weighted by Crippen LogP contribution is 2.43. The zero-order valence-corrected chi connectivity index (χ0v) is 13.1. The fourth-order valence-electron chi connectivity index (χ4n) is 3.38. The van der Waals surface area contributed by atoms with Gasteiger partial charge in [-0.05, 0) is 43.9 Å². The summed E-state index contributed by atoms with van der Waals surface area (Å²) in [6, 6.07) is 4.65. The van der Waals surface area contributed by atoms with Crippen molar-refractivity contribution >= 4 is 15.9 Å². The van der Waals surface area contributed by atoms with Gasteiger partial charge in [-0.3, -0.25) is 0 Å². The SMILES string of the molecule is Fc1ccc(OCC2CCC3(CCCC3)O2)c(CBr)c1. The summed E-state index contributed by atoms with van der Waals surface area (Å²) in [5.41, 5.74) is 0.994. The van der Waals surface area contributed by atoms with Crippen molar-refractivity contribution in [3.63, 3.8) is 0 Å². The third-order valence-electron chi connectivity index (χ3n) is 4.44. The Morgan fingerprint density at radius 3 is 2.85 bits per heavy atom. The van der Waals surface area contributed by atoms with E-state index < -0.39 is 0 Å². The lowest BCUT2D eigenvalue weighted by Gasteiger charge is -2.24. The van der Waals surface area contributed by atoms with Gasteiger partial charge in [0.2, 0.25) is 0 Å². The summed E-state index contributed by atoms with van der Waals surface area (Å²) in [6.45, 7) is 0.563. The van der Waals surface area contributed by atoms with E-state index in [4.69, 9.17) is 9.47 Å². The van der Waals surface area contributed by atoms with E-state index in [0.717, 1.165) is 24.2 Å². The number of ether oxygens (including phenoxy) is 2. The van der Waals surface area contributed by atoms with E-state index in [1.807, 2.05) is 0 Å². The van der Waals surface area contributed by atoms with Crippen molar-refractivity contribution in [3.05, 3.63) is 29.6 Å². The Labute approximate surface area is 127 Å². The van der Waals surface area contributed by atoms with Crippen LogP contribution in [-0.4, -0.2) is 18.3 Å². The molecule has 1 saturated heterocycles. The molecule has 20 heavy (non-hydrogen) atoms. The van der Waals surface area contributed by atoms with Crippen LogP contribution in [-0.2, 0) is 10.1 Å². The smallest absolute Gasteiger partial charge is 0.123 e. The Bertz CT molecular complexity index is 472. The molecule has 0 N–H and O–H groups in total. The maximum absolute atomic E-state index is 13.2. The number of alkyl halides is 1. The minimum atomic E-state index is -0.228. The molecule has 110 valence electrons. The molecule has 2 fully saturated rings. The molecule has 3 rings (SSSR count). The van der Waals surface area contributed by atoms with Gasteiger partial charge in [0, 0.05) is 10.9 Å². The molecule has 0 aromatic heterocycles. The molecule has 1 atom stereocenters. The zero-order chi connectivity index (χ0) is 14.0. The van der Waals surface area contributed by atoms with Crippen LogP contribution >= 0.6 is 15.9 Å². The monoisotopic (exact) mass is 342 g/mol. The van der Waals surface area contributed by atoms with E-state index in [1.165, 1.54) is 37.8 Å². The molecule has 2 aliphatic rings. The van der Waals surface area contributed by atoms with Crippen LogP contribution < -0.4 is 4.74 Å². The lowest BCUT2D eigenvalue weighted by Crippen LogP contribution is -2.27. The van der Waals surface area contributed by atoms with Gasteiger partial charge in [-0.25, -0.2) is 4.39 Å². The van der Waals surface area contributed by atoms with E-state index in [-0.39, 0.29) is 17.5 Å². The summed E-state index contributed by atoms with van der Waals surface area (Å²) in [6.07, 6.45) is 7.40. The first-order valence-corrected chi connectivity index (χ1v) is 8.48. The van der Waals surface area contributed by atoms with Gasteiger partial charge in [-0.2, -0.15) is 0 Å². The first-order chi connectivity index (χ1) is 9.71. The second-order valence-corrected chi connectivity index (χ2v) is 6.43. The molecule has 4 heteroatoms. The zero-order valence-electron chi connectivity index (χ0n) is 11.5. The maximum Gasteiger partial charge on any atom is 0.123 e. The molecule has 1 aliphatic heterocycles. The van der Waals surface area contributed by atoms with Crippen LogP contribution in [0.25, 0.3) is 0 Å². The average Bonchev–Trinajstić information content (AvgIpc) is 3.08. The molecule has 0 amide bonds. The number of hydrogen-bond acceptors (Lipinski definition) is 2. The Kier molecular flexibility index (Phi) is 4.32. The Hall–Kier alpha value is -0.610. The quantitative estimate of drug-likeness (QED) is 0.745. The fourth-order valence-corrected chi connectivity index (χ4v) is 3.81. The molecule has 0 bridgehead atoms. The highest BCUT2D eigenvalue weighted by atomic mass is 79.9. The van der Waals surface area contributed by atoms with Crippen LogP contribution in [0.4, 0.5) is 4.39 Å². The fraction of sp³-hybridized carbons (Fsp3) is 0.625. The molecule has 1 heterocycles. The minimum absolute atomic E-state index is 0.148. The highest BCUT2D eigenvalue weighted by molar-refractivity contribution is 9.08. The van der Waals surface area contributed by atoms with Crippen molar-refractivity contribution < 1.29 is 13.9 Å². The van der Waals surface area contributed by atoms with Crippen LogP contribution in [0.3, 0.4) is 0 Å². The lowest BCUT2D eigenvalue weighted by atomic mass is 9.98. The van der Waals surface area contributed by atoms with E-state index in [1.54, 1.807) is 6.07 Å². The maximum atomic E-state index is 13.2. The van der Waals surface area contributed by atoms with E-state index in [9.17, 15) is 4.39 Å². The largest absolute Gasteiger partial charge is 0.491 e. The molecular weight excluding hydrogens is 323 g/mol. The first kappa shape index (κ1) is 14.3. The van der Waals surface area contributed by atoms with Crippen molar-refractivity contribution in [3.8, 4) is 5.75 Å². The molecule has 0 radical (unpaired) electrons. The molecule has 2 nitrogen and oxygen atoms in total.